The molecule has 0 saturated carbocycles. The molecule has 0 aromatic heterocycles. The summed E-state index contributed by atoms with van der Waals surface area (Å²) in [6.45, 7) is 0. The molecule has 1 unspecified atom stereocenters. The van der Waals surface area contributed by atoms with E-state index in [1.54, 1.807) is 0 Å². The number of aliphatic hydroxyl groups excluding tert-OH is 2. The van der Waals surface area contributed by atoms with Crippen molar-refractivity contribution in [2.45, 2.75) is 6.23 Å². The fourth-order valence-electron chi connectivity index (χ4n) is 0.709. The zero-order valence-corrected chi connectivity index (χ0v) is 6.61. The quantitative estimate of drug-likeness (QED) is 0.389. The maximum atomic E-state index is 10.4. The van der Waals surface area contributed by atoms with Crippen LogP contribution in [0.5, 0.6) is 0 Å². The van der Waals surface area contributed by atoms with Crippen molar-refractivity contribution in [2.75, 3.05) is 0 Å². The second-order valence-corrected chi connectivity index (χ2v) is 2.96. The lowest BCUT2D eigenvalue weighted by atomic mass is 10.2. The van der Waals surface area contributed by atoms with E-state index in [-0.39, 0.29) is 5.70 Å². The molecule has 1 aliphatic rings. The fourth-order valence-corrected chi connectivity index (χ4v) is 1.22. The average Bonchev–Trinajstić information content (AvgIpc) is 1.97. The van der Waals surface area contributed by atoms with Crippen molar-refractivity contribution in [3.63, 3.8) is 0 Å². The number of allylic oxidation sites excluding steroid dienone is 1. The first-order valence-corrected chi connectivity index (χ1v) is 3.98. The summed E-state index contributed by atoms with van der Waals surface area (Å²) in [5.74, 6) is -0.647. The van der Waals surface area contributed by atoms with Gasteiger partial charge in [0.25, 0.3) is 0 Å². The second kappa shape index (κ2) is 2.95. The highest BCUT2D eigenvalue weighted by atomic mass is 32.2. The molecule has 1 aliphatic heterocycles. The fraction of sp³-hybridized carbons (Fsp3) is 0.200. The maximum absolute atomic E-state index is 10.4. The molecule has 0 aliphatic carbocycles. The number of hydrogen-bond donors (Lipinski definition) is 3. The van der Waals surface area contributed by atoms with Crippen LogP contribution in [0, 0.1) is 0 Å². The number of hydrogen-bond acceptors (Lipinski definition) is 6. The molecular formula is C5H6N2O4S. The van der Waals surface area contributed by atoms with Crippen LogP contribution in [0.2, 0.25) is 0 Å². The molecule has 4 N–H and O–H groups in total. The van der Waals surface area contributed by atoms with Gasteiger partial charge < -0.3 is 15.9 Å². The third-order valence-corrected chi connectivity index (χ3v) is 2.04. The third kappa shape index (κ3) is 1.31. The topological polar surface area (TPSA) is 113 Å². The van der Waals surface area contributed by atoms with Gasteiger partial charge in [-0.05, 0) is 0 Å². The summed E-state index contributed by atoms with van der Waals surface area (Å²) in [6, 6.07) is 0. The average molecular weight is 190 g/mol. The summed E-state index contributed by atoms with van der Waals surface area (Å²) >= 11 is 0. The molecule has 0 bridgehead atoms. The van der Waals surface area contributed by atoms with Gasteiger partial charge in [0.15, 0.2) is 16.9 Å². The molecular weight excluding hydrogens is 184 g/mol. The minimum absolute atomic E-state index is 0.181. The lowest BCUT2D eigenvalue weighted by Crippen LogP contribution is -2.28. The Morgan fingerprint density at radius 3 is 2.58 bits per heavy atom. The van der Waals surface area contributed by atoms with Crippen LogP contribution in [0.15, 0.2) is 16.4 Å². The Labute approximate surface area is 69.2 Å². The second-order valence-electron chi connectivity index (χ2n) is 2.05. The Morgan fingerprint density at radius 2 is 2.17 bits per heavy atom. The van der Waals surface area contributed by atoms with Crippen LogP contribution >= 0.6 is 0 Å². The number of aliphatic hydroxyl groups is 2. The molecule has 1 heterocycles. The molecule has 12 heavy (non-hydrogen) atoms. The molecule has 0 fully saturated rings. The highest BCUT2D eigenvalue weighted by molar-refractivity contribution is 7.73. The van der Waals surface area contributed by atoms with Crippen LogP contribution in [0.25, 0.3) is 0 Å². The molecule has 0 amide bonds. The summed E-state index contributed by atoms with van der Waals surface area (Å²) in [5.41, 5.74) is 4.96. The number of aliphatic imine (C=N–C) groups is 1. The smallest absolute Gasteiger partial charge is 0.225 e. The lowest BCUT2D eigenvalue weighted by molar-refractivity contribution is 0.249. The molecule has 1 rings (SSSR count). The van der Waals surface area contributed by atoms with Crippen molar-refractivity contribution < 1.29 is 18.6 Å². The molecule has 0 aromatic rings. The number of nitrogens with two attached hydrogens (primary N) is 1. The summed E-state index contributed by atoms with van der Waals surface area (Å²) in [7, 11) is -2.72. The first-order chi connectivity index (χ1) is 5.54. The van der Waals surface area contributed by atoms with Gasteiger partial charge in [0.2, 0.25) is 10.3 Å². The van der Waals surface area contributed by atoms with E-state index in [4.69, 9.17) is 15.9 Å². The zero-order chi connectivity index (χ0) is 9.30. The van der Waals surface area contributed by atoms with Crippen LogP contribution in [0.3, 0.4) is 0 Å². The molecule has 7 heteroatoms. The third-order valence-electron chi connectivity index (χ3n) is 1.28. The van der Waals surface area contributed by atoms with Gasteiger partial charge in [-0.2, -0.15) is 8.42 Å². The Balaban J connectivity index is 3.39. The van der Waals surface area contributed by atoms with Crippen LogP contribution in [-0.4, -0.2) is 35.9 Å². The van der Waals surface area contributed by atoms with E-state index in [1.165, 1.54) is 0 Å². The van der Waals surface area contributed by atoms with Crippen LogP contribution in [-0.2, 0) is 10.3 Å². The van der Waals surface area contributed by atoms with Gasteiger partial charge in [0.05, 0.1) is 11.9 Å². The van der Waals surface area contributed by atoms with Gasteiger partial charge in [-0.15, -0.1) is 0 Å². The summed E-state index contributed by atoms with van der Waals surface area (Å²) in [5, 5.41) is 18.0. The van der Waals surface area contributed by atoms with Gasteiger partial charge in [-0.3, -0.25) is 4.99 Å². The summed E-state index contributed by atoms with van der Waals surface area (Å²) < 4.78 is 20.8. The van der Waals surface area contributed by atoms with Crippen molar-refractivity contribution in [1.29, 1.82) is 0 Å². The van der Waals surface area contributed by atoms with Crippen LogP contribution < -0.4 is 5.73 Å². The highest BCUT2D eigenvalue weighted by Gasteiger charge is 2.23. The van der Waals surface area contributed by atoms with E-state index < -0.39 is 27.1 Å². The van der Waals surface area contributed by atoms with Crippen molar-refractivity contribution in [3.8, 4) is 0 Å². The first kappa shape index (κ1) is 8.75. The standard InChI is InChI=1S/C5H6N2O4S/c6-2-1-7-5(9)4(3(2)8)12(10)11/h1,5,8-9H,6H2. The monoisotopic (exact) mass is 190 g/mol. The van der Waals surface area contributed by atoms with Gasteiger partial charge in [0.1, 0.15) is 0 Å². The van der Waals surface area contributed by atoms with E-state index in [0.29, 0.717) is 0 Å². The summed E-state index contributed by atoms with van der Waals surface area (Å²) in [4.78, 5) is 2.72. The van der Waals surface area contributed by atoms with Crippen molar-refractivity contribution in [3.05, 3.63) is 11.5 Å². The summed E-state index contributed by atoms with van der Waals surface area (Å²) in [6.07, 6.45) is -0.563. The van der Waals surface area contributed by atoms with Gasteiger partial charge >= 0.3 is 0 Å². The zero-order valence-electron chi connectivity index (χ0n) is 5.80. The Morgan fingerprint density at radius 1 is 1.58 bits per heavy atom. The van der Waals surface area contributed by atoms with Crippen molar-refractivity contribution >= 4 is 21.4 Å². The van der Waals surface area contributed by atoms with E-state index in [9.17, 15) is 8.42 Å². The first-order valence-electron chi connectivity index (χ1n) is 2.90. The molecule has 6 nitrogen and oxygen atoms in total. The number of nitrogens with zero attached hydrogens (tertiary/aromatic N) is 1. The van der Waals surface area contributed by atoms with E-state index in [1.807, 2.05) is 0 Å². The Kier molecular flexibility index (Phi) is 2.15. The predicted octanol–water partition coefficient (Wildman–Crippen LogP) is -1.83. The maximum Gasteiger partial charge on any atom is 0.225 e. The van der Waals surface area contributed by atoms with E-state index in [2.05, 4.69) is 4.99 Å². The number of rotatable bonds is 0. The van der Waals surface area contributed by atoms with E-state index in [0.717, 1.165) is 6.21 Å². The molecule has 66 valence electrons. The Bertz CT molecular complexity index is 384. The van der Waals surface area contributed by atoms with Gasteiger partial charge in [0, 0.05) is 0 Å². The van der Waals surface area contributed by atoms with Crippen LogP contribution in [0.4, 0.5) is 0 Å². The minimum atomic E-state index is -2.72. The van der Waals surface area contributed by atoms with Gasteiger partial charge in [-0.1, -0.05) is 0 Å². The molecule has 0 spiro atoms. The molecule has 0 radical (unpaired) electrons. The molecule has 0 saturated heterocycles. The number of dihydropyridines is 1. The van der Waals surface area contributed by atoms with E-state index >= 15 is 0 Å². The normalized spacial score (nSPS) is 23.1. The van der Waals surface area contributed by atoms with Crippen LogP contribution in [0.1, 0.15) is 0 Å². The minimum Gasteiger partial charge on any atom is -0.504 e. The lowest BCUT2D eigenvalue weighted by Gasteiger charge is -2.11. The molecule has 0 aromatic carbocycles. The van der Waals surface area contributed by atoms with Gasteiger partial charge in [-0.25, -0.2) is 0 Å². The Hall–Kier alpha value is -1.34. The van der Waals surface area contributed by atoms with Crippen molar-refractivity contribution in [2.24, 2.45) is 10.7 Å². The van der Waals surface area contributed by atoms with Crippen molar-refractivity contribution in [1.82, 2.24) is 0 Å². The SMILES string of the molecule is NC1=C(O)C(=S(=O)=O)C(O)N=C1. The largest absolute Gasteiger partial charge is 0.504 e. The highest BCUT2D eigenvalue weighted by Crippen LogP contribution is 2.06. The molecule has 1 atom stereocenters. The predicted molar refractivity (Wildman–Crippen MR) is 42.3 cm³/mol.